The van der Waals surface area contributed by atoms with Gasteiger partial charge in [-0.1, -0.05) is 36.4 Å². The number of hydrogen-bond donors (Lipinski definition) is 0. The average molecular weight is 236 g/mol. The van der Waals surface area contributed by atoms with Gasteiger partial charge in [-0.3, -0.25) is 4.79 Å². The van der Waals surface area contributed by atoms with Crippen LogP contribution in [0.4, 0.5) is 0 Å². The van der Waals surface area contributed by atoms with E-state index in [-0.39, 0.29) is 0 Å². The Bertz CT molecular complexity index is 723. The Morgan fingerprint density at radius 3 is 2.67 bits per heavy atom. The molecule has 2 aromatic carbocycles. The summed E-state index contributed by atoms with van der Waals surface area (Å²) < 4.78 is 1.81. The summed E-state index contributed by atoms with van der Waals surface area (Å²) in [5, 5.41) is 6.59. The lowest BCUT2D eigenvalue weighted by Gasteiger charge is -2.08. The number of carbonyl (C=O) groups is 1. The van der Waals surface area contributed by atoms with Crippen LogP contribution in [-0.4, -0.2) is 16.1 Å². The predicted octanol–water partition coefficient (Wildman–Crippen LogP) is 3.15. The molecule has 0 bridgehead atoms. The molecular formula is C15H12N2O. The zero-order chi connectivity index (χ0) is 12.5. The summed E-state index contributed by atoms with van der Waals surface area (Å²) in [6, 6.07) is 16.0. The Morgan fingerprint density at radius 1 is 1.11 bits per heavy atom. The van der Waals surface area contributed by atoms with Crippen LogP contribution >= 0.6 is 0 Å². The van der Waals surface area contributed by atoms with Gasteiger partial charge >= 0.3 is 0 Å². The summed E-state index contributed by atoms with van der Waals surface area (Å²) in [6.45, 7) is 1.95. The second-order valence-corrected chi connectivity index (χ2v) is 4.24. The van der Waals surface area contributed by atoms with Gasteiger partial charge in [0.1, 0.15) is 5.69 Å². The lowest BCUT2D eigenvalue weighted by atomic mass is 10.1. The first-order valence-corrected chi connectivity index (χ1v) is 5.79. The van der Waals surface area contributed by atoms with Gasteiger partial charge < -0.3 is 0 Å². The molecule has 0 saturated carbocycles. The molecule has 0 aliphatic carbocycles. The van der Waals surface area contributed by atoms with Crippen LogP contribution < -0.4 is 0 Å². The zero-order valence-electron chi connectivity index (χ0n) is 10.00. The lowest BCUT2D eigenvalue weighted by Crippen LogP contribution is -2.00. The fraction of sp³-hybridized carbons (Fsp3) is 0.0667. The minimum Gasteiger partial charge on any atom is -0.296 e. The van der Waals surface area contributed by atoms with Crippen LogP contribution in [0.5, 0.6) is 0 Å². The van der Waals surface area contributed by atoms with Crippen molar-refractivity contribution in [2.24, 2.45) is 0 Å². The maximum Gasteiger partial charge on any atom is 0.170 e. The normalized spacial score (nSPS) is 10.7. The largest absolute Gasteiger partial charge is 0.296 e. The van der Waals surface area contributed by atoms with E-state index in [0.717, 1.165) is 28.4 Å². The van der Waals surface area contributed by atoms with Crippen LogP contribution in [0.15, 0.2) is 48.5 Å². The Labute approximate surface area is 105 Å². The van der Waals surface area contributed by atoms with Crippen LogP contribution in [0.2, 0.25) is 0 Å². The van der Waals surface area contributed by atoms with Crippen molar-refractivity contribution in [3.63, 3.8) is 0 Å². The molecule has 3 aromatic rings. The molecule has 18 heavy (non-hydrogen) atoms. The molecule has 0 unspecified atom stereocenters. The van der Waals surface area contributed by atoms with Crippen molar-refractivity contribution in [1.82, 2.24) is 9.78 Å². The van der Waals surface area contributed by atoms with E-state index in [1.54, 1.807) is 6.07 Å². The fourth-order valence-corrected chi connectivity index (χ4v) is 2.19. The maximum absolute atomic E-state index is 10.8. The predicted molar refractivity (Wildman–Crippen MR) is 71.2 cm³/mol. The molecule has 88 valence electrons. The lowest BCUT2D eigenvalue weighted by molar-refractivity contribution is 0.111. The molecule has 0 N–H and O–H groups in total. The summed E-state index contributed by atoms with van der Waals surface area (Å²) in [7, 11) is 0. The SMILES string of the molecule is Cc1cc(C=O)nn1-c1cccc2ccccc12. The summed E-state index contributed by atoms with van der Waals surface area (Å²) in [4.78, 5) is 10.8. The van der Waals surface area contributed by atoms with E-state index in [0.29, 0.717) is 5.69 Å². The summed E-state index contributed by atoms with van der Waals surface area (Å²) >= 11 is 0. The summed E-state index contributed by atoms with van der Waals surface area (Å²) in [6.07, 6.45) is 0.772. The smallest absolute Gasteiger partial charge is 0.170 e. The highest BCUT2D eigenvalue weighted by atomic mass is 16.1. The molecule has 0 fully saturated rings. The number of nitrogens with zero attached hydrogens (tertiary/aromatic N) is 2. The molecule has 3 nitrogen and oxygen atoms in total. The number of aldehydes is 1. The first-order chi connectivity index (χ1) is 8.79. The Kier molecular flexibility index (Phi) is 2.45. The minimum atomic E-state index is 0.459. The van der Waals surface area contributed by atoms with Gasteiger partial charge in [-0.05, 0) is 24.4 Å². The van der Waals surface area contributed by atoms with E-state index in [9.17, 15) is 4.79 Å². The van der Waals surface area contributed by atoms with Gasteiger partial charge in [0, 0.05) is 11.1 Å². The van der Waals surface area contributed by atoms with E-state index in [4.69, 9.17) is 0 Å². The number of rotatable bonds is 2. The van der Waals surface area contributed by atoms with Crippen molar-refractivity contribution < 1.29 is 4.79 Å². The highest BCUT2D eigenvalue weighted by molar-refractivity contribution is 5.90. The molecule has 3 rings (SSSR count). The average Bonchev–Trinajstić information content (AvgIpc) is 2.79. The van der Waals surface area contributed by atoms with Gasteiger partial charge in [0.15, 0.2) is 6.29 Å². The van der Waals surface area contributed by atoms with Gasteiger partial charge in [0.25, 0.3) is 0 Å². The molecule has 0 aliphatic rings. The number of aryl methyl sites for hydroxylation is 1. The summed E-state index contributed by atoms with van der Waals surface area (Å²) in [5.41, 5.74) is 2.41. The third-order valence-corrected chi connectivity index (χ3v) is 3.02. The molecule has 1 heterocycles. The van der Waals surface area contributed by atoms with Gasteiger partial charge in [-0.25, -0.2) is 4.68 Å². The van der Waals surface area contributed by atoms with E-state index >= 15 is 0 Å². The number of hydrogen-bond acceptors (Lipinski definition) is 2. The van der Waals surface area contributed by atoms with Crippen molar-refractivity contribution in [2.45, 2.75) is 6.92 Å². The highest BCUT2D eigenvalue weighted by Gasteiger charge is 2.08. The Morgan fingerprint density at radius 2 is 1.89 bits per heavy atom. The minimum absolute atomic E-state index is 0.459. The fourth-order valence-electron chi connectivity index (χ4n) is 2.19. The molecule has 0 spiro atoms. The maximum atomic E-state index is 10.8. The number of aromatic nitrogens is 2. The molecule has 0 amide bonds. The van der Waals surface area contributed by atoms with Gasteiger partial charge in [0.2, 0.25) is 0 Å². The molecule has 0 saturated heterocycles. The van der Waals surface area contributed by atoms with E-state index < -0.39 is 0 Å². The van der Waals surface area contributed by atoms with Crippen molar-refractivity contribution in [3.05, 3.63) is 59.9 Å². The molecule has 0 atom stereocenters. The number of fused-ring (bicyclic) bond motifs is 1. The Balaban J connectivity index is 2.31. The van der Waals surface area contributed by atoms with Crippen molar-refractivity contribution in [2.75, 3.05) is 0 Å². The van der Waals surface area contributed by atoms with E-state index in [1.807, 2.05) is 35.9 Å². The third kappa shape index (κ3) is 1.61. The first kappa shape index (κ1) is 10.7. The van der Waals surface area contributed by atoms with Gasteiger partial charge in [-0.2, -0.15) is 5.10 Å². The van der Waals surface area contributed by atoms with Crippen molar-refractivity contribution in [1.29, 1.82) is 0 Å². The quantitative estimate of drug-likeness (QED) is 0.641. The molecular weight excluding hydrogens is 224 g/mol. The van der Waals surface area contributed by atoms with Crippen LogP contribution in [0.25, 0.3) is 16.5 Å². The monoisotopic (exact) mass is 236 g/mol. The summed E-state index contributed by atoms with van der Waals surface area (Å²) in [5.74, 6) is 0. The van der Waals surface area contributed by atoms with Crippen LogP contribution in [0, 0.1) is 6.92 Å². The molecule has 0 radical (unpaired) electrons. The van der Waals surface area contributed by atoms with E-state index in [1.165, 1.54) is 0 Å². The topological polar surface area (TPSA) is 34.9 Å². The zero-order valence-corrected chi connectivity index (χ0v) is 10.00. The van der Waals surface area contributed by atoms with Crippen molar-refractivity contribution >= 4 is 17.1 Å². The second-order valence-electron chi connectivity index (χ2n) is 4.24. The number of carbonyl (C=O) groups excluding carboxylic acids is 1. The van der Waals surface area contributed by atoms with Crippen LogP contribution in [-0.2, 0) is 0 Å². The van der Waals surface area contributed by atoms with Crippen molar-refractivity contribution in [3.8, 4) is 5.69 Å². The standard InChI is InChI=1S/C15H12N2O/c1-11-9-13(10-18)16-17(11)15-8-4-6-12-5-2-3-7-14(12)15/h2-10H,1H3. The number of benzene rings is 2. The first-order valence-electron chi connectivity index (χ1n) is 5.79. The third-order valence-electron chi connectivity index (χ3n) is 3.02. The second kappa shape index (κ2) is 4.11. The van der Waals surface area contributed by atoms with Crippen LogP contribution in [0.3, 0.4) is 0 Å². The van der Waals surface area contributed by atoms with Gasteiger partial charge in [-0.15, -0.1) is 0 Å². The molecule has 3 heteroatoms. The Hall–Kier alpha value is -2.42. The van der Waals surface area contributed by atoms with E-state index in [2.05, 4.69) is 23.3 Å². The molecule has 0 aliphatic heterocycles. The van der Waals surface area contributed by atoms with Crippen LogP contribution in [0.1, 0.15) is 16.2 Å². The highest BCUT2D eigenvalue weighted by Crippen LogP contribution is 2.22. The van der Waals surface area contributed by atoms with Gasteiger partial charge in [0.05, 0.1) is 5.69 Å². The molecule has 1 aromatic heterocycles.